The smallest absolute Gasteiger partial charge is 0.113 e. The van der Waals surface area contributed by atoms with Gasteiger partial charge in [0.1, 0.15) is 5.76 Å². The number of rotatable bonds is 3. The first-order valence-corrected chi connectivity index (χ1v) is 7.91. The van der Waals surface area contributed by atoms with Gasteiger partial charge in [-0.1, -0.05) is 20.8 Å². The summed E-state index contributed by atoms with van der Waals surface area (Å²) in [6.45, 7) is 7.05. The van der Waals surface area contributed by atoms with Crippen molar-refractivity contribution in [3.05, 3.63) is 24.2 Å². The molecule has 0 bridgehead atoms. The van der Waals surface area contributed by atoms with Crippen LogP contribution in [0.4, 0.5) is 0 Å². The van der Waals surface area contributed by atoms with Crippen molar-refractivity contribution in [3.63, 3.8) is 0 Å². The summed E-state index contributed by atoms with van der Waals surface area (Å²) in [5, 5.41) is 0.577. The molecule has 1 aliphatic rings. The largest absolute Gasteiger partial charge is 0.468 e. The predicted octanol–water partition coefficient (Wildman–Crippen LogP) is 4.05. The second-order valence-corrected chi connectivity index (χ2v) is 7.70. The van der Waals surface area contributed by atoms with Crippen molar-refractivity contribution in [1.82, 2.24) is 0 Å². The average molecular weight is 267 g/mol. The zero-order valence-electron chi connectivity index (χ0n) is 11.7. The summed E-state index contributed by atoms with van der Waals surface area (Å²) >= 11 is 1.96. The summed E-state index contributed by atoms with van der Waals surface area (Å²) < 4.78 is 5.39. The molecule has 102 valence electrons. The molecule has 1 aromatic heterocycles. The number of furan rings is 1. The second kappa shape index (κ2) is 5.70. The van der Waals surface area contributed by atoms with Gasteiger partial charge in [0.15, 0.2) is 0 Å². The molecule has 1 fully saturated rings. The van der Waals surface area contributed by atoms with Gasteiger partial charge in [0.05, 0.1) is 12.0 Å². The van der Waals surface area contributed by atoms with E-state index in [9.17, 15) is 0 Å². The Labute approximate surface area is 115 Å². The highest BCUT2D eigenvalue weighted by atomic mass is 32.2. The van der Waals surface area contributed by atoms with Crippen molar-refractivity contribution in [1.29, 1.82) is 0 Å². The molecule has 2 nitrogen and oxygen atoms in total. The number of hydrogen-bond acceptors (Lipinski definition) is 3. The van der Waals surface area contributed by atoms with Crippen molar-refractivity contribution in [3.8, 4) is 0 Å². The van der Waals surface area contributed by atoms with Crippen LogP contribution in [0.5, 0.6) is 0 Å². The molecule has 3 atom stereocenters. The zero-order chi connectivity index (χ0) is 13.2. The molecule has 0 spiro atoms. The summed E-state index contributed by atoms with van der Waals surface area (Å²) in [5.74, 6) is 2.80. The first kappa shape index (κ1) is 14.0. The quantitative estimate of drug-likeness (QED) is 0.897. The Morgan fingerprint density at radius 1 is 1.39 bits per heavy atom. The van der Waals surface area contributed by atoms with Crippen LogP contribution in [0, 0.1) is 11.3 Å². The fourth-order valence-corrected chi connectivity index (χ4v) is 4.01. The lowest BCUT2D eigenvalue weighted by Gasteiger charge is -2.40. The maximum Gasteiger partial charge on any atom is 0.113 e. The summed E-state index contributed by atoms with van der Waals surface area (Å²) in [6, 6.07) is 4.35. The lowest BCUT2D eigenvalue weighted by Crippen LogP contribution is -2.41. The minimum absolute atomic E-state index is 0.351. The topological polar surface area (TPSA) is 39.2 Å². The standard InChI is InChI=1S/C15H25NOS/c1-15(2,3)11-6-7-13(16)14(9-11)18-10-12-5-4-8-17-12/h4-5,8,11,13-14H,6-7,9-10,16H2,1-3H3. The van der Waals surface area contributed by atoms with Crippen LogP contribution in [0.2, 0.25) is 0 Å². The Balaban J connectivity index is 1.89. The van der Waals surface area contributed by atoms with E-state index in [4.69, 9.17) is 10.2 Å². The number of nitrogens with two attached hydrogens (primary N) is 1. The summed E-state index contributed by atoms with van der Waals surface area (Å²) in [4.78, 5) is 0. The first-order valence-electron chi connectivity index (χ1n) is 6.86. The SMILES string of the molecule is CC(C)(C)C1CCC(N)C(SCc2ccco2)C1. The molecular weight excluding hydrogens is 242 g/mol. The van der Waals surface area contributed by atoms with E-state index in [1.807, 2.05) is 23.9 Å². The maximum absolute atomic E-state index is 6.27. The Morgan fingerprint density at radius 2 is 2.17 bits per heavy atom. The summed E-state index contributed by atoms with van der Waals surface area (Å²) in [6.07, 6.45) is 5.44. The third-order valence-electron chi connectivity index (χ3n) is 4.09. The van der Waals surface area contributed by atoms with Crippen LogP contribution in [0.1, 0.15) is 45.8 Å². The van der Waals surface area contributed by atoms with Crippen molar-refractivity contribution in [2.24, 2.45) is 17.1 Å². The normalized spacial score (nSPS) is 29.4. The number of thioether (sulfide) groups is 1. The lowest BCUT2D eigenvalue weighted by molar-refractivity contribution is 0.174. The van der Waals surface area contributed by atoms with Crippen LogP contribution in [0.3, 0.4) is 0 Å². The van der Waals surface area contributed by atoms with Crippen molar-refractivity contribution < 1.29 is 4.42 Å². The molecule has 18 heavy (non-hydrogen) atoms. The molecule has 3 unspecified atom stereocenters. The highest BCUT2D eigenvalue weighted by Crippen LogP contribution is 2.41. The third kappa shape index (κ3) is 3.55. The maximum atomic E-state index is 6.27. The molecular formula is C15H25NOS. The average Bonchev–Trinajstić information content (AvgIpc) is 2.79. The van der Waals surface area contributed by atoms with Gasteiger partial charge < -0.3 is 10.2 Å². The molecule has 0 amide bonds. The van der Waals surface area contributed by atoms with E-state index in [1.165, 1.54) is 12.8 Å². The van der Waals surface area contributed by atoms with Gasteiger partial charge in [-0.2, -0.15) is 0 Å². The van der Waals surface area contributed by atoms with Gasteiger partial charge in [-0.05, 0) is 42.7 Å². The summed E-state index contributed by atoms with van der Waals surface area (Å²) in [5.41, 5.74) is 6.68. The second-order valence-electron chi connectivity index (χ2n) is 6.47. The van der Waals surface area contributed by atoms with Gasteiger partial charge in [0.2, 0.25) is 0 Å². The van der Waals surface area contributed by atoms with E-state index in [0.29, 0.717) is 16.7 Å². The van der Waals surface area contributed by atoms with E-state index >= 15 is 0 Å². The minimum atomic E-state index is 0.351. The highest BCUT2D eigenvalue weighted by molar-refractivity contribution is 7.99. The van der Waals surface area contributed by atoms with Gasteiger partial charge in [-0.15, -0.1) is 11.8 Å². The van der Waals surface area contributed by atoms with E-state index in [2.05, 4.69) is 20.8 Å². The lowest BCUT2D eigenvalue weighted by atomic mass is 9.71. The molecule has 0 aromatic carbocycles. The van der Waals surface area contributed by atoms with Crippen molar-refractivity contribution in [2.45, 2.75) is 57.1 Å². The van der Waals surface area contributed by atoms with Crippen LogP contribution >= 0.6 is 11.8 Å². The molecule has 0 radical (unpaired) electrons. The van der Waals surface area contributed by atoms with Crippen molar-refractivity contribution >= 4 is 11.8 Å². The molecule has 0 aliphatic heterocycles. The monoisotopic (exact) mass is 267 g/mol. The molecule has 1 saturated carbocycles. The van der Waals surface area contributed by atoms with Crippen LogP contribution in [0.15, 0.2) is 22.8 Å². The van der Waals surface area contributed by atoms with Crippen molar-refractivity contribution in [2.75, 3.05) is 0 Å². The Hall–Kier alpha value is -0.410. The van der Waals surface area contributed by atoms with Crippen LogP contribution in [0.25, 0.3) is 0 Å². The van der Waals surface area contributed by atoms with Gasteiger partial charge in [0, 0.05) is 11.3 Å². The van der Waals surface area contributed by atoms with E-state index in [1.54, 1.807) is 6.26 Å². The predicted molar refractivity (Wildman–Crippen MR) is 78.6 cm³/mol. The van der Waals surface area contributed by atoms with Gasteiger partial charge >= 0.3 is 0 Å². The molecule has 1 aliphatic carbocycles. The highest BCUT2D eigenvalue weighted by Gasteiger charge is 2.34. The minimum Gasteiger partial charge on any atom is -0.468 e. The van der Waals surface area contributed by atoms with Gasteiger partial charge in [-0.3, -0.25) is 0 Å². The van der Waals surface area contributed by atoms with E-state index in [0.717, 1.165) is 23.9 Å². The Bertz CT molecular complexity index is 355. The van der Waals surface area contributed by atoms with Crippen LogP contribution < -0.4 is 5.73 Å². The molecule has 3 heteroatoms. The van der Waals surface area contributed by atoms with E-state index in [-0.39, 0.29) is 0 Å². The molecule has 0 saturated heterocycles. The van der Waals surface area contributed by atoms with Crippen LogP contribution in [-0.2, 0) is 5.75 Å². The molecule has 2 N–H and O–H groups in total. The first-order chi connectivity index (χ1) is 8.47. The molecule has 1 heterocycles. The fourth-order valence-electron chi connectivity index (χ4n) is 2.71. The van der Waals surface area contributed by atoms with Gasteiger partial charge in [0.25, 0.3) is 0 Å². The molecule has 1 aromatic rings. The zero-order valence-corrected chi connectivity index (χ0v) is 12.5. The fraction of sp³-hybridized carbons (Fsp3) is 0.733. The molecule has 2 rings (SSSR count). The Kier molecular flexibility index (Phi) is 4.44. The van der Waals surface area contributed by atoms with Crippen LogP contribution in [-0.4, -0.2) is 11.3 Å². The third-order valence-corrected chi connectivity index (χ3v) is 5.51. The summed E-state index contributed by atoms with van der Waals surface area (Å²) in [7, 11) is 0. The van der Waals surface area contributed by atoms with Gasteiger partial charge in [-0.25, -0.2) is 0 Å². The van der Waals surface area contributed by atoms with E-state index < -0.39 is 0 Å². The Morgan fingerprint density at radius 3 is 2.78 bits per heavy atom. The number of hydrogen-bond donors (Lipinski definition) is 1.